The third-order valence-electron chi connectivity index (χ3n) is 2.76. The van der Waals surface area contributed by atoms with E-state index in [0.717, 1.165) is 25.9 Å². The monoisotopic (exact) mass is 404 g/mol. The molecule has 0 unspecified atom stereocenters. The summed E-state index contributed by atoms with van der Waals surface area (Å²) in [5.74, 6) is 0.293. The summed E-state index contributed by atoms with van der Waals surface area (Å²) in [5.41, 5.74) is 0.805. The Hall–Kier alpha value is -1.36. The molecule has 0 aliphatic heterocycles. The zero-order valence-electron chi connectivity index (χ0n) is 12.4. The van der Waals surface area contributed by atoms with Crippen molar-refractivity contribution >= 4 is 29.9 Å². The number of benzene rings is 1. The smallest absolute Gasteiger partial charge is 0.191 e. The molecule has 0 bridgehead atoms. The summed E-state index contributed by atoms with van der Waals surface area (Å²) in [6.45, 7) is 5.96. The Kier molecular flexibility index (Phi) is 10.6. The number of guanidine groups is 1. The van der Waals surface area contributed by atoms with E-state index in [1.165, 1.54) is 6.07 Å². The fourth-order valence-corrected chi connectivity index (χ4v) is 1.63. The minimum Gasteiger partial charge on any atom is -0.357 e. The lowest BCUT2D eigenvalue weighted by molar-refractivity contribution is 0.609. The van der Waals surface area contributed by atoms with Crippen molar-refractivity contribution < 1.29 is 4.39 Å². The van der Waals surface area contributed by atoms with Gasteiger partial charge in [0, 0.05) is 18.7 Å². The van der Waals surface area contributed by atoms with E-state index in [-0.39, 0.29) is 30.5 Å². The number of hydrogen-bond acceptors (Lipinski definition) is 2. The van der Waals surface area contributed by atoms with E-state index in [9.17, 15) is 4.39 Å². The highest BCUT2D eigenvalue weighted by molar-refractivity contribution is 14.0. The number of nitriles is 1. The van der Waals surface area contributed by atoms with E-state index in [1.54, 1.807) is 12.1 Å². The third-order valence-corrected chi connectivity index (χ3v) is 2.76. The normalized spacial score (nSPS) is 10.5. The summed E-state index contributed by atoms with van der Waals surface area (Å²) in [4.78, 5) is 4.34. The molecule has 0 aliphatic carbocycles. The molecule has 0 saturated carbocycles. The fourth-order valence-electron chi connectivity index (χ4n) is 1.63. The SMILES string of the molecule is CCCCNC(=NCc1ccc(C#N)cc1F)NCC.I. The Balaban J connectivity index is 0.00000400. The molecule has 21 heavy (non-hydrogen) atoms. The van der Waals surface area contributed by atoms with E-state index in [0.29, 0.717) is 17.1 Å². The highest BCUT2D eigenvalue weighted by Crippen LogP contribution is 2.10. The molecule has 0 aliphatic rings. The van der Waals surface area contributed by atoms with Crippen LogP contribution in [0.2, 0.25) is 0 Å². The molecular weight excluding hydrogens is 382 g/mol. The molecule has 0 fully saturated rings. The number of unbranched alkanes of at least 4 members (excludes halogenated alkanes) is 1. The molecule has 6 heteroatoms. The second-order valence-corrected chi connectivity index (χ2v) is 4.39. The van der Waals surface area contributed by atoms with Crippen LogP contribution in [0.1, 0.15) is 37.8 Å². The Morgan fingerprint density at radius 3 is 2.67 bits per heavy atom. The quantitative estimate of drug-likeness (QED) is 0.332. The van der Waals surface area contributed by atoms with Gasteiger partial charge in [0.25, 0.3) is 0 Å². The summed E-state index contributed by atoms with van der Waals surface area (Å²) in [6, 6.07) is 6.36. The van der Waals surface area contributed by atoms with Crippen LogP contribution in [0.5, 0.6) is 0 Å². The first-order valence-electron chi connectivity index (χ1n) is 6.92. The van der Waals surface area contributed by atoms with Gasteiger partial charge in [0.05, 0.1) is 18.2 Å². The molecule has 4 nitrogen and oxygen atoms in total. The molecule has 2 N–H and O–H groups in total. The first-order chi connectivity index (χ1) is 9.71. The van der Waals surface area contributed by atoms with E-state index in [1.807, 2.05) is 13.0 Å². The summed E-state index contributed by atoms with van der Waals surface area (Å²) in [6.07, 6.45) is 2.17. The largest absolute Gasteiger partial charge is 0.357 e. The molecule has 0 atom stereocenters. The molecule has 1 aromatic carbocycles. The number of aliphatic imine (C=N–C) groups is 1. The number of nitrogens with zero attached hydrogens (tertiary/aromatic N) is 2. The second kappa shape index (κ2) is 11.3. The van der Waals surface area contributed by atoms with Gasteiger partial charge in [-0.1, -0.05) is 19.4 Å². The van der Waals surface area contributed by atoms with Gasteiger partial charge in [0.1, 0.15) is 5.82 Å². The molecule has 116 valence electrons. The first kappa shape index (κ1) is 19.6. The predicted molar refractivity (Wildman–Crippen MR) is 94.3 cm³/mol. The Morgan fingerprint density at radius 1 is 1.33 bits per heavy atom. The van der Waals surface area contributed by atoms with E-state index >= 15 is 0 Å². The number of halogens is 2. The topological polar surface area (TPSA) is 60.2 Å². The lowest BCUT2D eigenvalue weighted by atomic mass is 10.1. The van der Waals surface area contributed by atoms with E-state index in [2.05, 4.69) is 22.5 Å². The summed E-state index contributed by atoms with van der Waals surface area (Å²) < 4.78 is 13.7. The van der Waals surface area contributed by atoms with E-state index in [4.69, 9.17) is 5.26 Å². The Labute approximate surface area is 142 Å². The molecule has 0 spiro atoms. The Bertz CT molecular complexity index is 497. The highest BCUT2D eigenvalue weighted by atomic mass is 127. The van der Waals surface area contributed by atoms with E-state index < -0.39 is 5.82 Å². The minimum absolute atomic E-state index is 0. The van der Waals surface area contributed by atoms with Crippen molar-refractivity contribution in [2.45, 2.75) is 33.2 Å². The van der Waals surface area contributed by atoms with Crippen LogP contribution in [0.3, 0.4) is 0 Å². The average Bonchev–Trinajstić information content (AvgIpc) is 2.45. The molecular formula is C15H22FIN4. The average molecular weight is 404 g/mol. The van der Waals surface area contributed by atoms with Crippen LogP contribution in [-0.4, -0.2) is 19.0 Å². The molecule has 1 aromatic rings. The van der Waals surface area contributed by atoms with Crippen LogP contribution in [0.25, 0.3) is 0 Å². The first-order valence-corrected chi connectivity index (χ1v) is 6.92. The molecule has 0 amide bonds. The van der Waals surface area contributed by atoms with Crippen LogP contribution < -0.4 is 10.6 Å². The summed E-state index contributed by atoms with van der Waals surface area (Å²) in [7, 11) is 0. The number of rotatable bonds is 6. The number of nitrogens with one attached hydrogen (secondary N) is 2. The van der Waals surface area contributed by atoms with Crippen LogP contribution in [0.4, 0.5) is 4.39 Å². The molecule has 1 rings (SSSR count). The van der Waals surface area contributed by atoms with Gasteiger partial charge in [-0.2, -0.15) is 5.26 Å². The van der Waals surface area contributed by atoms with Crippen LogP contribution in [0, 0.1) is 17.1 Å². The van der Waals surface area contributed by atoms with Crippen LogP contribution in [0.15, 0.2) is 23.2 Å². The molecule has 0 saturated heterocycles. The molecule has 0 aromatic heterocycles. The summed E-state index contributed by atoms with van der Waals surface area (Å²) >= 11 is 0. The van der Waals surface area contributed by atoms with Gasteiger partial charge in [-0.25, -0.2) is 9.38 Å². The lowest BCUT2D eigenvalue weighted by Crippen LogP contribution is -2.37. The minimum atomic E-state index is -0.391. The van der Waals surface area contributed by atoms with Gasteiger partial charge in [0.2, 0.25) is 0 Å². The van der Waals surface area contributed by atoms with Crippen LogP contribution >= 0.6 is 24.0 Å². The van der Waals surface area contributed by atoms with Crippen molar-refractivity contribution in [1.29, 1.82) is 5.26 Å². The zero-order valence-corrected chi connectivity index (χ0v) is 14.8. The van der Waals surface area contributed by atoms with Crippen molar-refractivity contribution in [2.24, 2.45) is 4.99 Å². The van der Waals surface area contributed by atoms with Gasteiger partial charge in [-0.15, -0.1) is 24.0 Å². The van der Waals surface area contributed by atoms with Crippen molar-refractivity contribution in [3.63, 3.8) is 0 Å². The molecule has 0 radical (unpaired) electrons. The van der Waals surface area contributed by atoms with Crippen LogP contribution in [-0.2, 0) is 6.54 Å². The van der Waals surface area contributed by atoms with Crippen molar-refractivity contribution in [1.82, 2.24) is 10.6 Å². The second-order valence-electron chi connectivity index (χ2n) is 4.39. The predicted octanol–water partition coefficient (Wildman–Crippen LogP) is 3.17. The van der Waals surface area contributed by atoms with Gasteiger partial charge < -0.3 is 10.6 Å². The van der Waals surface area contributed by atoms with Gasteiger partial charge in [-0.3, -0.25) is 0 Å². The third kappa shape index (κ3) is 7.27. The van der Waals surface area contributed by atoms with Crippen molar-refractivity contribution in [3.8, 4) is 6.07 Å². The Morgan fingerprint density at radius 2 is 2.10 bits per heavy atom. The lowest BCUT2D eigenvalue weighted by Gasteiger charge is -2.10. The fraction of sp³-hybridized carbons (Fsp3) is 0.467. The maximum Gasteiger partial charge on any atom is 0.191 e. The van der Waals surface area contributed by atoms with Crippen molar-refractivity contribution in [3.05, 3.63) is 35.1 Å². The van der Waals surface area contributed by atoms with Gasteiger partial charge in [-0.05, 0) is 25.5 Å². The maximum absolute atomic E-state index is 13.7. The zero-order chi connectivity index (χ0) is 14.8. The number of hydrogen-bond donors (Lipinski definition) is 2. The molecule has 0 heterocycles. The summed E-state index contributed by atoms with van der Waals surface area (Å²) in [5, 5.41) is 15.0. The van der Waals surface area contributed by atoms with Gasteiger partial charge >= 0.3 is 0 Å². The van der Waals surface area contributed by atoms with Gasteiger partial charge in [0.15, 0.2) is 5.96 Å². The standard InChI is InChI=1S/C15H21FN4.HI/c1-3-5-8-19-15(18-4-2)20-11-13-7-6-12(10-17)9-14(13)16;/h6-7,9H,3-5,8,11H2,1-2H3,(H2,18,19,20);1H. The van der Waals surface area contributed by atoms with Crippen molar-refractivity contribution in [2.75, 3.05) is 13.1 Å². The highest BCUT2D eigenvalue weighted by Gasteiger charge is 2.03. The maximum atomic E-state index is 13.7.